The maximum absolute atomic E-state index is 6.23. The Kier molecular flexibility index (Phi) is 4.45. The number of benzene rings is 1. The van der Waals surface area contributed by atoms with E-state index in [1.807, 2.05) is 24.3 Å². The maximum atomic E-state index is 6.23. The summed E-state index contributed by atoms with van der Waals surface area (Å²) in [4.78, 5) is 11.2. The van der Waals surface area contributed by atoms with Crippen molar-refractivity contribution < 1.29 is 0 Å². The molecule has 1 saturated heterocycles. The van der Waals surface area contributed by atoms with Crippen LogP contribution in [0.5, 0.6) is 0 Å². The second kappa shape index (κ2) is 5.90. The van der Waals surface area contributed by atoms with Crippen LogP contribution in [0, 0.1) is 5.92 Å². The van der Waals surface area contributed by atoms with E-state index in [0.717, 1.165) is 42.9 Å². The highest BCUT2D eigenvalue weighted by molar-refractivity contribution is 6.32. The van der Waals surface area contributed by atoms with Gasteiger partial charge in [-0.3, -0.25) is 0 Å². The van der Waals surface area contributed by atoms with E-state index in [1.165, 1.54) is 0 Å². The number of nitrogens with two attached hydrogens (primary N) is 1. The molecule has 1 fully saturated rings. The Hall–Kier alpha value is -1.10. The molecule has 0 amide bonds. The molecular weight excluding hydrogens is 283 g/mol. The van der Waals surface area contributed by atoms with Crippen LogP contribution < -0.4 is 10.6 Å². The van der Waals surface area contributed by atoms with Crippen molar-refractivity contribution in [1.82, 2.24) is 9.97 Å². The van der Waals surface area contributed by atoms with Gasteiger partial charge in [0.05, 0.1) is 11.0 Å². The summed E-state index contributed by atoms with van der Waals surface area (Å²) in [7, 11) is 0. The normalized spacial score (nSPS) is 18.6. The molecule has 1 atom stereocenters. The molecule has 2 N–H and O–H groups in total. The Morgan fingerprint density at radius 2 is 1.95 bits per heavy atom. The van der Waals surface area contributed by atoms with Crippen molar-refractivity contribution in [3.05, 3.63) is 29.4 Å². The zero-order chi connectivity index (χ0) is 12.5. The molecule has 0 radical (unpaired) electrons. The van der Waals surface area contributed by atoms with Crippen molar-refractivity contribution in [2.45, 2.75) is 6.42 Å². The molecule has 102 valence electrons. The average Bonchev–Trinajstić information content (AvgIpc) is 2.86. The molecule has 4 nitrogen and oxygen atoms in total. The molecule has 1 aliphatic heterocycles. The van der Waals surface area contributed by atoms with Crippen molar-refractivity contribution in [3.8, 4) is 0 Å². The van der Waals surface area contributed by atoms with Gasteiger partial charge in [-0.25, -0.2) is 9.97 Å². The van der Waals surface area contributed by atoms with Crippen molar-refractivity contribution in [1.29, 1.82) is 0 Å². The third kappa shape index (κ3) is 2.76. The van der Waals surface area contributed by atoms with Gasteiger partial charge in [0.15, 0.2) is 11.0 Å². The van der Waals surface area contributed by atoms with Gasteiger partial charge in [-0.1, -0.05) is 23.7 Å². The van der Waals surface area contributed by atoms with Crippen molar-refractivity contribution >= 4 is 40.9 Å². The summed E-state index contributed by atoms with van der Waals surface area (Å²) < 4.78 is 0. The third-order valence-electron chi connectivity index (χ3n) is 3.43. The molecule has 1 aliphatic rings. The molecule has 1 aromatic carbocycles. The topological polar surface area (TPSA) is 55.0 Å². The second-order valence-corrected chi connectivity index (χ2v) is 5.02. The van der Waals surface area contributed by atoms with E-state index in [0.29, 0.717) is 11.1 Å². The molecule has 0 aliphatic carbocycles. The Bertz CT molecular complexity index is 576. The van der Waals surface area contributed by atoms with Crippen LogP contribution in [0.4, 0.5) is 5.82 Å². The van der Waals surface area contributed by atoms with Gasteiger partial charge in [-0.15, -0.1) is 12.4 Å². The quantitative estimate of drug-likeness (QED) is 0.925. The summed E-state index contributed by atoms with van der Waals surface area (Å²) in [6.45, 7) is 2.59. The van der Waals surface area contributed by atoms with Gasteiger partial charge >= 0.3 is 0 Å². The minimum absolute atomic E-state index is 0. The average molecular weight is 299 g/mol. The summed E-state index contributed by atoms with van der Waals surface area (Å²) in [5, 5.41) is 0.478. The first-order chi connectivity index (χ1) is 8.78. The smallest absolute Gasteiger partial charge is 0.172 e. The monoisotopic (exact) mass is 298 g/mol. The van der Waals surface area contributed by atoms with Crippen LogP contribution in [0.15, 0.2) is 24.3 Å². The molecular formula is C13H16Cl2N4. The summed E-state index contributed by atoms with van der Waals surface area (Å²) in [6.07, 6.45) is 1.10. The van der Waals surface area contributed by atoms with Crippen molar-refractivity contribution in [3.63, 3.8) is 0 Å². The minimum Gasteiger partial charge on any atom is -0.354 e. The summed E-state index contributed by atoms with van der Waals surface area (Å²) in [6, 6.07) is 7.78. The van der Waals surface area contributed by atoms with Crippen molar-refractivity contribution in [2.75, 3.05) is 24.5 Å². The molecule has 6 heteroatoms. The molecule has 3 rings (SSSR count). The van der Waals surface area contributed by atoms with Crippen LogP contribution in [0.1, 0.15) is 6.42 Å². The number of hydrogen-bond donors (Lipinski definition) is 1. The largest absolute Gasteiger partial charge is 0.354 e. The second-order valence-electron chi connectivity index (χ2n) is 4.66. The van der Waals surface area contributed by atoms with Crippen LogP contribution in [0.2, 0.25) is 5.15 Å². The van der Waals surface area contributed by atoms with Crippen LogP contribution in [0.3, 0.4) is 0 Å². The number of nitrogens with zero attached hydrogens (tertiary/aromatic N) is 3. The fourth-order valence-electron chi connectivity index (χ4n) is 2.39. The third-order valence-corrected chi connectivity index (χ3v) is 3.68. The molecule has 0 saturated carbocycles. The summed E-state index contributed by atoms with van der Waals surface area (Å²) in [5.74, 6) is 1.32. The Labute approximate surface area is 123 Å². The van der Waals surface area contributed by atoms with Gasteiger partial charge in [-0.05, 0) is 31.0 Å². The van der Waals surface area contributed by atoms with E-state index < -0.39 is 0 Å². The lowest BCUT2D eigenvalue weighted by molar-refractivity contribution is 0.602. The van der Waals surface area contributed by atoms with E-state index in [2.05, 4.69) is 14.9 Å². The van der Waals surface area contributed by atoms with E-state index in [9.17, 15) is 0 Å². The summed E-state index contributed by atoms with van der Waals surface area (Å²) >= 11 is 6.23. The van der Waals surface area contributed by atoms with Crippen LogP contribution in [0.25, 0.3) is 11.0 Å². The molecule has 19 heavy (non-hydrogen) atoms. The lowest BCUT2D eigenvalue weighted by atomic mass is 10.1. The fourth-order valence-corrected chi connectivity index (χ4v) is 2.64. The van der Waals surface area contributed by atoms with Gasteiger partial charge in [0, 0.05) is 13.1 Å². The highest BCUT2D eigenvalue weighted by Crippen LogP contribution is 2.28. The zero-order valence-corrected chi connectivity index (χ0v) is 12.0. The van der Waals surface area contributed by atoms with Crippen LogP contribution in [-0.4, -0.2) is 29.6 Å². The number of rotatable bonds is 2. The molecule has 1 aromatic heterocycles. The first-order valence-electron chi connectivity index (χ1n) is 6.15. The SMILES string of the molecule is Cl.NCC1CCN(c2nc3ccccc3nc2Cl)C1. The highest BCUT2D eigenvalue weighted by Gasteiger charge is 2.24. The van der Waals surface area contributed by atoms with Gasteiger partial charge in [-0.2, -0.15) is 0 Å². The number of hydrogen-bond acceptors (Lipinski definition) is 4. The van der Waals surface area contributed by atoms with Gasteiger partial charge in [0.25, 0.3) is 0 Å². The van der Waals surface area contributed by atoms with E-state index >= 15 is 0 Å². The standard InChI is InChI=1S/C13H15ClN4.ClH/c14-12-13(18-6-5-9(7-15)8-18)17-11-4-2-1-3-10(11)16-12;/h1-4,9H,5-8,15H2;1H. The fraction of sp³-hybridized carbons (Fsp3) is 0.385. The van der Waals surface area contributed by atoms with E-state index in [1.54, 1.807) is 0 Å². The van der Waals surface area contributed by atoms with Gasteiger partial charge in [0.2, 0.25) is 0 Å². The number of aromatic nitrogens is 2. The predicted octanol–water partition coefficient (Wildman–Crippen LogP) is 2.49. The number of fused-ring (bicyclic) bond motifs is 1. The predicted molar refractivity (Wildman–Crippen MR) is 81.2 cm³/mol. The highest BCUT2D eigenvalue weighted by atomic mass is 35.5. The Morgan fingerprint density at radius 3 is 2.58 bits per heavy atom. The summed E-state index contributed by atoms with van der Waals surface area (Å²) in [5.41, 5.74) is 7.42. The van der Waals surface area contributed by atoms with Crippen LogP contribution >= 0.6 is 24.0 Å². The van der Waals surface area contributed by atoms with Gasteiger partial charge in [0.1, 0.15) is 0 Å². The molecule has 0 spiro atoms. The van der Waals surface area contributed by atoms with Crippen molar-refractivity contribution in [2.24, 2.45) is 11.7 Å². The minimum atomic E-state index is 0. The maximum Gasteiger partial charge on any atom is 0.172 e. The Balaban J connectivity index is 0.00000133. The van der Waals surface area contributed by atoms with E-state index in [4.69, 9.17) is 17.3 Å². The van der Waals surface area contributed by atoms with E-state index in [-0.39, 0.29) is 12.4 Å². The molecule has 1 unspecified atom stereocenters. The number of anilines is 1. The van der Waals surface area contributed by atoms with Crippen LogP contribution in [-0.2, 0) is 0 Å². The van der Waals surface area contributed by atoms with Gasteiger partial charge < -0.3 is 10.6 Å². The number of halogens is 2. The zero-order valence-electron chi connectivity index (χ0n) is 10.4. The first-order valence-corrected chi connectivity index (χ1v) is 6.53. The first kappa shape index (κ1) is 14.3. The Morgan fingerprint density at radius 1 is 1.26 bits per heavy atom. The lowest BCUT2D eigenvalue weighted by Crippen LogP contribution is -2.24. The number of para-hydroxylation sites is 2. The molecule has 2 heterocycles. The lowest BCUT2D eigenvalue weighted by Gasteiger charge is -2.18. The molecule has 0 bridgehead atoms. The molecule has 2 aromatic rings.